The fourth-order valence-electron chi connectivity index (χ4n) is 3.33. The van der Waals surface area contributed by atoms with Crippen molar-refractivity contribution in [1.82, 2.24) is 5.01 Å². The van der Waals surface area contributed by atoms with Crippen molar-refractivity contribution in [2.45, 2.75) is 12.5 Å². The van der Waals surface area contributed by atoms with E-state index in [9.17, 15) is 9.59 Å². The average molecular weight is 473 g/mol. The first-order valence-electron chi connectivity index (χ1n) is 9.66. The highest BCUT2D eigenvalue weighted by atomic mass is 35.5. The summed E-state index contributed by atoms with van der Waals surface area (Å²) in [7, 11) is 1.59. The molecule has 0 aliphatic carbocycles. The van der Waals surface area contributed by atoms with E-state index in [1.165, 1.54) is 17.3 Å². The van der Waals surface area contributed by atoms with Crippen LogP contribution >= 0.6 is 23.2 Å². The van der Waals surface area contributed by atoms with Crippen LogP contribution in [0, 0.1) is 0 Å². The maximum Gasteiger partial charge on any atom is 0.340 e. The number of carbonyl (C=O) groups excluding carboxylic acids is 2. The highest BCUT2D eigenvalue weighted by molar-refractivity contribution is 6.43. The van der Waals surface area contributed by atoms with Crippen LogP contribution in [0.15, 0.2) is 70.4 Å². The second-order valence-corrected chi connectivity index (χ2v) is 7.71. The summed E-state index contributed by atoms with van der Waals surface area (Å²) in [6.45, 7) is -0.516. The molecule has 0 saturated carbocycles. The topological polar surface area (TPSA) is 81.3 Å². The van der Waals surface area contributed by atoms with E-state index >= 15 is 0 Å². The number of esters is 1. The van der Waals surface area contributed by atoms with E-state index < -0.39 is 24.5 Å². The molecule has 0 saturated heterocycles. The molecule has 0 N–H and O–H groups in total. The molecule has 1 atom stereocenters. The van der Waals surface area contributed by atoms with E-state index in [-0.39, 0.29) is 15.6 Å². The zero-order valence-electron chi connectivity index (χ0n) is 17.0. The van der Waals surface area contributed by atoms with Crippen LogP contribution in [0.1, 0.15) is 34.1 Å². The third-order valence-corrected chi connectivity index (χ3v) is 5.78. The van der Waals surface area contributed by atoms with Gasteiger partial charge in [0, 0.05) is 6.42 Å². The van der Waals surface area contributed by atoms with Crippen LogP contribution in [0.25, 0.3) is 0 Å². The summed E-state index contributed by atoms with van der Waals surface area (Å²) in [4.78, 5) is 25.3. The Morgan fingerprint density at radius 1 is 1.12 bits per heavy atom. The van der Waals surface area contributed by atoms with Gasteiger partial charge in [0.05, 0.1) is 34.7 Å². The summed E-state index contributed by atoms with van der Waals surface area (Å²) in [6.07, 6.45) is 1.98. The van der Waals surface area contributed by atoms with E-state index in [2.05, 4.69) is 5.10 Å². The number of carbonyl (C=O) groups is 2. The van der Waals surface area contributed by atoms with Gasteiger partial charge in [-0.1, -0.05) is 29.3 Å². The number of hydrogen-bond donors (Lipinski definition) is 0. The average Bonchev–Trinajstić information content (AvgIpc) is 3.49. The minimum absolute atomic E-state index is 0.0704. The van der Waals surface area contributed by atoms with Crippen LogP contribution in [0.2, 0.25) is 10.0 Å². The second kappa shape index (κ2) is 9.46. The van der Waals surface area contributed by atoms with Crippen LogP contribution < -0.4 is 4.74 Å². The number of nitrogens with zero attached hydrogens (tertiary/aromatic N) is 2. The minimum Gasteiger partial charge on any atom is -0.497 e. The molecule has 3 aromatic rings. The molecule has 164 valence electrons. The van der Waals surface area contributed by atoms with Crippen molar-refractivity contribution < 1.29 is 23.5 Å². The van der Waals surface area contributed by atoms with Gasteiger partial charge >= 0.3 is 5.97 Å². The molecule has 0 fully saturated rings. The molecule has 1 aliphatic heterocycles. The lowest BCUT2D eigenvalue weighted by molar-refractivity contribution is -0.136. The first-order valence-corrected chi connectivity index (χ1v) is 10.4. The van der Waals surface area contributed by atoms with E-state index in [0.29, 0.717) is 17.9 Å². The second-order valence-electron chi connectivity index (χ2n) is 6.93. The van der Waals surface area contributed by atoms with Gasteiger partial charge in [-0.05, 0) is 54.1 Å². The van der Waals surface area contributed by atoms with Gasteiger partial charge in [-0.3, -0.25) is 4.79 Å². The number of hydrogen-bond acceptors (Lipinski definition) is 6. The van der Waals surface area contributed by atoms with Crippen molar-refractivity contribution in [2.75, 3.05) is 13.7 Å². The van der Waals surface area contributed by atoms with Crippen LogP contribution in [-0.4, -0.2) is 36.3 Å². The number of halogens is 2. The molecule has 1 aliphatic rings. The Labute approximate surface area is 194 Å². The van der Waals surface area contributed by atoms with Crippen molar-refractivity contribution in [1.29, 1.82) is 0 Å². The van der Waals surface area contributed by atoms with Gasteiger partial charge < -0.3 is 13.9 Å². The third-order valence-electron chi connectivity index (χ3n) is 4.96. The minimum atomic E-state index is -0.751. The number of methoxy groups -OCH3 is 1. The number of ether oxygens (including phenoxy) is 2. The Balaban J connectivity index is 1.52. The zero-order chi connectivity index (χ0) is 22.7. The first-order chi connectivity index (χ1) is 15.5. The Hall–Kier alpha value is -3.29. The predicted octanol–water partition coefficient (Wildman–Crippen LogP) is 5.13. The predicted molar refractivity (Wildman–Crippen MR) is 119 cm³/mol. The largest absolute Gasteiger partial charge is 0.497 e. The molecular weight excluding hydrogens is 455 g/mol. The summed E-state index contributed by atoms with van der Waals surface area (Å²) in [6, 6.07) is 15.0. The molecule has 2 aromatic carbocycles. The maximum absolute atomic E-state index is 12.9. The van der Waals surface area contributed by atoms with E-state index in [1.54, 1.807) is 31.4 Å². The summed E-state index contributed by atoms with van der Waals surface area (Å²) < 4.78 is 15.9. The number of furan rings is 1. The van der Waals surface area contributed by atoms with Gasteiger partial charge in [0.1, 0.15) is 17.6 Å². The summed E-state index contributed by atoms with van der Waals surface area (Å²) in [5.41, 5.74) is 1.63. The Bertz CT molecular complexity index is 1160. The lowest BCUT2D eigenvalue weighted by Gasteiger charge is -2.19. The highest BCUT2D eigenvalue weighted by Gasteiger charge is 2.35. The molecule has 4 rings (SSSR count). The van der Waals surface area contributed by atoms with E-state index in [1.807, 2.05) is 24.3 Å². The van der Waals surface area contributed by atoms with Gasteiger partial charge in [-0.2, -0.15) is 5.10 Å². The molecule has 9 heteroatoms. The van der Waals surface area contributed by atoms with Crippen LogP contribution in [0.5, 0.6) is 5.75 Å². The lowest BCUT2D eigenvalue weighted by Crippen LogP contribution is -2.31. The number of hydrazone groups is 1. The van der Waals surface area contributed by atoms with E-state index in [0.717, 1.165) is 11.3 Å². The molecule has 2 heterocycles. The SMILES string of the molecule is COc1ccc(C2=NN(C(=O)COC(=O)c3cccc(Cl)c3Cl)C(c3ccco3)C2)cc1. The Kier molecular flexibility index (Phi) is 6.48. The monoisotopic (exact) mass is 472 g/mol. The molecular formula is C23H18Cl2N2O5. The quantitative estimate of drug-likeness (QED) is 0.464. The van der Waals surface area contributed by atoms with Crippen molar-refractivity contribution in [3.05, 3.63) is 87.8 Å². The molecule has 7 nitrogen and oxygen atoms in total. The summed E-state index contributed by atoms with van der Waals surface area (Å²) in [5.74, 6) is 0.0460. The van der Waals surface area contributed by atoms with Gasteiger partial charge in [0.15, 0.2) is 6.61 Å². The fraction of sp³-hybridized carbons (Fsp3) is 0.174. The fourth-order valence-corrected chi connectivity index (χ4v) is 3.71. The Morgan fingerprint density at radius 2 is 1.91 bits per heavy atom. The lowest BCUT2D eigenvalue weighted by atomic mass is 10.0. The van der Waals surface area contributed by atoms with Gasteiger partial charge in [-0.25, -0.2) is 9.80 Å². The van der Waals surface area contributed by atoms with Crippen LogP contribution in [0.4, 0.5) is 0 Å². The molecule has 1 amide bonds. The normalized spacial score (nSPS) is 15.4. The van der Waals surface area contributed by atoms with Crippen molar-refractivity contribution in [3.8, 4) is 5.75 Å². The van der Waals surface area contributed by atoms with Crippen molar-refractivity contribution >= 4 is 40.8 Å². The molecule has 1 unspecified atom stereocenters. The van der Waals surface area contributed by atoms with Gasteiger partial charge in [0.25, 0.3) is 5.91 Å². The number of rotatable bonds is 6. The third kappa shape index (κ3) is 4.49. The molecule has 0 spiro atoms. The van der Waals surface area contributed by atoms with Crippen LogP contribution in [-0.2, 0) is 9.53 Å². The van der Waals surface area contributed by atoms with E-state index in [4.69, 9.17) is 37.1 Å². The smallest absolute Gasteiger partial charge is 0.340 e. The van der Waals surface area contributed by atoms with Crippen molar-refractivity contribution in [2.24, 2.45) is 5.10 Å². The van der Waals surface area contributed by atoms with Crippen molar-refractivity contribution in [3.63, 3.8) is 0 Å². The molecule has 0 bridgehead atoms. The standard InChI is InChI=1S/C23H18Cl2N2O5/c1-30-15-9-7-14(8-10-15)18-12-19(20-6-3-11-31-20)27(26-18)21(28)13-32-23(29)16-4-2-5-17(24)22(16)25/h2-11,19H,12-13H2,1H3. The number of amides is 1. The summed E-state index contributed by atoms with van der Waals surface area (Å²) in [5, 5.41) is 6.07. The first kappa shape index (κ1) is 21.9. The van der Waals surface area contributed by atoms with Gasteiger partial charge in [-0.15, -0.1) is 0 Å². The van der Waals surface area contributed by atoms with Gasteiger partial charge in [0.2, 0.25) is 0 Å². The summed E-state index contributed by atoms with van der Waals surface area (Å²) >= 11 is 12.0. The Morgan fingerprint density at radius 3 is 2.59 bits per heavy atom. The van der Waals surface area contributed by atoms with Crippen LogP contribution in [0.3, 0.4) is 0 Å². The maximum atomic E-state index is 12.9. The molecule has 1 aromatic heterocycles. The highest BCUT2D eigenvalue weighted by Crippen LogP contribution is 2.33. The number of benzene rings is 2. The zero-order valence-corrected chi connectivity index (χ0v) is 18.5. The molecule has 32 heavy (non-hydrogen) atoms. The molecule has 0 radical (unpaired) electrons.